The Morgan fingerprint density at radius 1 is 1.30 bits per heavy atom. The summed E-state index contributed by atoms with van der Waals surface area (Å²) in [7, 11) is 0. The number of rotatable bonds is 3. The first-order valence-corrected chi connectivity index (χ1v) is 6.55. The van der Waals surface area contributed by atoms with E-state index in [1.54, 1.807) is 18.5 Å². The molecule has 0 aliphatic carbocycles. The smallest absolute Gasteiger partial charge is 0.335 e. The van der Waals surface area contributed by atoms with Crippen molar-refractivity contribution in [2.45, 2.75) is 19.5 Å². The fraction of sp³-hybridized carbons (Fsp3) is 0.267. The SMILES string of the molecule is O=C(O)c1ccc(CN2CCc3cncnc3C2)cc1. The van der Waals surface area contributed by atoms with Crippen LogP contribution in [-0.2, 0) is 19.5 Å². The number of aromatic nitrogens is 2. The van der Waals surface area contributed by atoms with Crippen molar-refractivity contribution >= 4 is 5.97 Å². The van der Waals surface area contributed by atoms with E-state index in [1.807, 2.05) is 18.3 Å². The number of nitrogens with zero attached hydrogens (tertiary/aromatic N) is 3. The molecular weight excluding hydrogens is 254 g/mol. The van der Waals surface area contributed by atoms with Crippen LogP contribution in [0, 0.1) is 0 Å². The van der Waals surface area contributed by atoms with E-state index >= 15 is 0 Å². The van der Waals surface area contributed by atoms with Gasteiger partial charge in [0, 0.05) is 25.8 Å². The minimum atomic E-state index is -0.889. The summed E-state index contributed by atoms with van der Waals surface area (Å²) >= 11 is 0. The highest BCUT2D eigenvalue weighted by molar-refractivity contribution is 5.87. The number of hydrogen-bond donors (Lipinski definition) is 1. The Morgan fingerprint density at radius 2 is 2.10 bits per heavy atom. The monoisotopic (exact) mass is 269 g/mol. The molecule has 1 N–H and O–H groups in total. The third kappa shape index (κ3) is 2.67. The Balaban J connectivity index is 1.69. The normalized spacial score (nSPS) is 14.8. The van der Waals surface area contributed by atoms with Crippen LogP contribution in [0.4, 0.5) is 0 Å². The number of fused-ring (bicyclic) bond motifs is 1. The first-order valence-electron chi connectivity index (χ1n) is 6.55. The quantitative estimate of drug-likeness (QED) is 0.919. The molecule has 2 heterocycles. The molecule has 2 aromatic rings. The molecule has 20 heavy (non-hydrogen) atoms. The Bertz CT molecular complexity index is 625. The third-order valence-corrected chi connectivity index (χ3v) is 3.56. The molecule has 1 aliphatic heterocycles. The van der Waals surface area contributed by atoms with Crippen LogP contribution in [0.15, 0.2) is 36.8 Å². The Kier molecular flexibility index (Phi) is 3.43. The van der Waals surface area contributed by atoms with Crippen LogP contribution in [0.25, 0.3) is 0 Å². The van der Waals surface area contributed by atoms with Gasteiger partial charge in [-0.1, -0.05) is 12.1 Å². The summed E-state index contributed by atoms with van der Waals surface area (Å²) in [4.78, 5) is 21.5. The van der Waals surface area contributed by atoms with E-state index in [0.29, 0.717) is 5.56 Å². The molecule has 1 aliphatic rings. The lowest BCUT2D eigenvalue weighted by Gasteiger charge is -2.27. The van der Waals surface area contributed by atoms with Crippen molar-refractivity contribution in [2.75, 3.05) is 6.54 Å². The first-order chi connectivity index (χ1) is 9.72. The highest BCUT2D eigenvalue weighted by Crippen LogP contribution is 2.17. The number of benzene rings is 1. The van der Waals surface area contributed by atoms with Crippen LogP contribution in [0.5, 0.6) is 0 Å². The lowest BCUT2D eigenvalue weighted by Crippen LogP contribution is -2.30. The maximum atomic E-state index is 10.8. The number of carbonyl (C=O) groups is 1. The zero-order valence-electron chi connectivity index (χ0n) is 11.0. The third-order valence-electron chi connectivity index (χ3n) is 3.56. The zero-order valence-corrected chi connectivity index (χ0v) is 11.0. The molecule has 0 radical (unpaired) electrons. The highest BCUT2D eigenvalue weighted by atomic mass is 16.4. The second kappa shape index (κ2) is 5.38. The van der Waals surface area contributed by atoms with Crippen LogP contribution in [0.3, 0.4) is 0 Å². The van der Waals surface area contributed by atoms with E-state index in [4.69, 9.17) is 5.11 Å². The predicted molar refractivity (Wildman–Crippen MR) is 73.3 cm³/mol. The first kappa shape index (κ1) is 12.7. The summed E-state index contributed by atoms with van der Waals surface area (Å²) in [6.07, 6.45) is 4.44. The molecular formula is C15H15N3O2. The number of aromatic carboxylic acids is 1. The number of carboxylic acids is 1. The number of hydrogen-bond acceptors (Lipinski definition) is 4. The molecule has 0 atom stereocenters. The van der Waals surface area contributed by atoms with Crippen LogP contribution >= 0.6 is 0 Å². The average molecular weight is 269 g/mol. The molecule has 0 bridgehead atoms. The van der Waals surface area contributed by atoms with Crippen LogP contribution in [0.1, 0.15) is 27.2 Å². The van der Waals surface area contributed by atoms with E-state index < -0.39 is 5.97 Å². The predicted octanol–water partition coefficient (Wildman–Crippen LogP) is 1.73. The van der Waals surface area contributed by atoms with E-state index in [0.717, 1.165) is 37.3 Å². The Labute approximate surface area is 116 Å². The van der Waals surface area contributed by atoms with Gasteiger partial charge in [0.25, 0.3) is 0 Å². The lowest BCUT2D eigenvalue weighted by atomic mass is 10.1. The van der Waals surface area contributed by atoms with Gasteiger partial charge in [-0.25, -0.2) is 14.8 Å². The maximum absolute atomic E-state index is 10.8. The van der Waals surface area contributed by atoms with Crippen molar-refractivity contribution in [1.29, 1.82) is 0 Å². The fourth-order valence-electron chi connectivity index (χ4n) is 2.45. The summed E-state index contributed by atoms with van der Waals surface area (Å²) in [5.74, 6) is -0.889. The molecule has 102 valence electrons. The van der Waals surface area contributed by atoms with Crippen molar-refractivity contribution in [3.63, 3.8) is 0 Å². The fourth-order valence-corrected chi connectivity index (χ4v) is 2.45. The molecule has 1 aromatic carbocycles. The van der Waals surface area contributed by atoms with E-state index in [-0.39, 0.29) is 0 Å². The Morgan fingerprint density at radius 3 is 2.85 bits per heavy atom. The molecule has 3 rings (SSSR count). The second-order valence-electron chi connectivity index (χ2n) is 4.96. The van der Waals surface area contributed by atoms with Crippen molar-refractivity contribution in [1.82, 2.24) is 14.9 Å². The largest absolute Gasteiger partial charge is 0.478 e. The molecule has 5 nitrogen and oxygen atoms in total. The van der Waals surface area contributed by atoms with E-state index in [1.165, 1.54) is 5.56 Å². The van der Waals surface area contributed by atoms with Gasteiger partial charge in [0.05, 0.1) is 11.3 Å². The topological polar surface area (TPSA) is 66.3 Å². The van der Waals surface area contributed by atoms with E-state index in [2.05, 4.69) is 14.9 Å². The second-order valence-corrected chi connectivity index (χ2v) is 4.96. The van der Waals surface area contributed by atoms with Gasteiger partial charge in [0.15, 0.2) is 0 Å². The summed E-state index contributed by atoms with van der Waals surface area (Å²) in [5.41, 5.74) is 3.76. The zero-order chi connectivity index (χ0) is 13.9. The molecule has 0 spiro atoms. The minimum absolute atomic E-state index is 0.325. The van der Waals surface area contributed by atoms with Gasteiger partial charge < -0.3 is 5.11 Å². The summed E-state index contributed by atoms with van der Waals surface area (Å²) in [6.45, 7) is 2.60. The standard InChI is InChI=1S/C15H15N3O2/c19-15(20)12-3-1-11(2-4-12)8-18-6-5-13-7-16-10-17-14(13)9-18/h1-4,7,10H,5-6,8-9H2,(H,19,20). The van der Waals surface area contributed by atoms with Crippen LogP contribution in [0.2, 0.25) is 0 Å². The maximum Gasteiger partial charge on any atom is 0.335 e. The van der Waals surface area contributed by atoms with Gasteiger partial charge in [0.2, 0.25) is 0 Å². The molecule has 5 heteroatoms. The summed E-state index contributed by atoms with van der Waals surface area (Å²) in [6, 6.07) is 7.05. The molecule has 1 aromatic heterocycles. The lowest BCUT2D eigenvalue weighted by molar-refractivity contribution is 0.0697. The average Bonchev–Trinajstić information content (AvgIpc) is 2.48. The summed E-state index contributed by atoms with van der Waals surface area (Å²) in [5, 5.41) is 8.88. The number of carboxylic acid groups (broad SMARTS) is 1. The van der Waals surface area contributed by atoms with Gasteiger partial charge in [-0.2, -0.15) is 0 Å². The van der Waals surface area contributed by atoms with Crippen LogP contribution in [-0.4, -0.2) is 32.5 Å². The highest BCUT2D eigenvalue weighted by Gasteiger charge is 2.17. The molecule has 0 saturated carbocycles. The molecule has 0 fully saturated rings. The summed E-state index contributed by atoms with van der Waals surface area (Å²) < 4.78 is 0. The van der Waals surface area contributed by atoms with Gasteiger partial charge in [0.1, 0.15) is 6.33 Å². The molecule has 0 amide bonds. The molecule has 0 saturated heterocycles. The Hall–Kier alpha value is -2.27. The van der Waals surface area contributed by atoms with Gasteiger partial charge in [-0.05, 0) is 29.7 Å². The van der Waals surface area contributed by atoms with Crippen molar-refractivity contribution in [3.05, 3.63) is 59.2 Å². The van der Waals surface area contributed by atoms with Crippen LogP contribution < -0.4 is 0 Å². The van der Waals surface area contributed by atoms with Gasteiger partial charge in [-0.3, -0.25) is 4.90 Å². The van der Waals surface area contributed by atoms with E-state index in [9.17, 15) is 4.79 Å². The van der Waals surface area contributed by atoms with Gasteiger partial charge in [-0.15, -0.1) is 0 Å². The van der Waals surface area contributed by atoms with Crippen molar-refractivity contribution in [3.8, 4) is 0 Å². The minimum Gasteiger partial charge on any atom is -0.478 e. The van der Waals surface area contributed by atoms with Gasteiger partial charge >= 0.3 is 5.97 Å². The van der Waals surface area contributed by atoms with Crippen molar-refractivity contribution < 1.29 is 9.90 Å². The molecule has 0 unspecified atom stereocenters. The van der Waals surface area contributed by atoms with Crippen molar-refractivity contribution in [2.24, 2.45) is 0 Å².